The van der Waals surface area contributed by atoms with Crippen LogP contribution in [0.3, 0.4) is 0 Å². The van der Waals surface area contributed by atoms with E-state index in [-0.39, 0.29) is 35.6 Å². The Balaban J connectivity index is 1.69. The first-order valence-corrected chi connectivity index (χ1v) is 10.7. The highest BCUT2D eigenvalue weighted by Gasteiger charge is 2.68. The molecular formula is C22H32O6. The van der Waals surface area contributed by atoms with Gasteiger partial charge in [-0.3, -0.25) is 9.59 Å². The highest BCUT2D eigenvalue weighted by molar-refractivity contribution is 5.78. The summed E-state index contributed by atoms with van der Waals surface area (Å²) in [6.45, 7) is 4.31. The second-order valence-electron chi connectivity index (χ2n) is 9.61. The third-order valence-electron chi connectivity index (χ3n) is 8.59. The van der Waals surface area contributed by atoms with Crippen LogP contribution in [0.2, 0.25) is 0 Å². The highest BCUT2D eigenvalue weighted by Crippen LogP contribution is 2.67. The summed E-state index contributed by atoms with van der Waals surface area (Å²) in [6, 6.07) is 0. The zero-order valence-electron chi connectivity index (χ0n) is 16.8. The Morgan fingerprint density at radius 1 is 1.21 bits per heavy atom. The molecule has 3 N–H and O–H groups in total. The number of aliphatic carboxylic acids is 1. The fourth-order valence-corrected chi connectivity index (χ4v) is 7.27. The van der Waals surface area contributed by atoms with Crippen LogP contribution in [0.4, 0.5) is 0 Å². The van der Waals surface area contributed by atoms with Crippen molar-refractivity contribution in [1.82, 2.24) is 0 Å². The van der Waals surface area contributed by atoms with Crippen LogP contribution in [0.1, 0.15) is 65.2 Å². The van der Waals surface area contributed by atoms with Gasteiger partial charge in [0.05, 0.1) is 29.6 Å². The predicted molar refractivity (Wildman–Crippen MR) is 101 cm³/mol. The molecule has 0 radical (unpaired) electrons. The number of ether oxygens (including phenoxy) is 1. The Hall–Kier alpha value is -1.40. The van der Waals surface area contributed by atoms with Gasteiger partial charge in [-0.05, 0) is 63.7 Å². The molecule has 4 aliphatic rings. The minimum atomic E-state index is -1.36. The summed E-state index contributed by atoms with van der Waals surface area (Å²) in [7, 11) is 0. The average molecular weight is 392 g/mol. The Morgan fingerprint density at radius 3 is 2.64 bits per heavy atom. The van der Waals surface area contributed by atoms with Gasteiger partial charge in [-0.25, -0.2) is 0 Å². The normalized spacial score (nSPS) is 47.4. The maximum absolute atomic E-state index is 12.6. The topological polar surface area (TPSA) is 104 Å². The zero-order chi connectivity index (χ0) is 20.3. The first kappa shape index (κ1) is 19.9. The van der Waals surface area contributed by atoms with Crippen molar-refractivity contribution in [2.45, 2.75) is 76.9 Å². The Kier molecular flexibility index (Phi) is 4.66. The number of esters is 1. The quantitative estimate of drug-likeness (QED) is 0.504. The van der Waals surface area contributed by atoms with Crippen molar-refractivity contribution in [2.24, 2.45) is 28.6 Å². The van der Waals surface area contributed by atoms with Crippen LogP contribution in [-0.4, -0.2) is 45.6 Å². The van der Waals surface area contributed by atoms with Gasteiger partial charge in [0.25, 0.3) is 0 Å². The van der Waals surface area contributed by atoms with Crippen molar-refractivity contribution in [2.75, 3.05) is 6.61 Å². The standard InChI is InChI=1S/C22H32O6/c1-3-28-18(24)17-5-4-15-14-7-10-21(27)12-13(23)6-11-22(21,19(25)26)16(14)8-9-20(15,17)2/h4,13-14,16-17,23,27H,3,5-12H2,1-2H3,(H,25,26)/t13-,14+,16+,17+,20-,21+,22-/m1/s1. The molecule has 6 heteroatoms. The lowest BCUT2D eigenvalue weighted by Gasteiger charge is -2.61. The maximum Gasteiger partial charge on any atom is 0.312 e. The van der Waals surface area contributed by atoms with Gasteiger partial charge in [-0.2, -0.15) is 0 Å². The molecule has 0 aliphatic heterocycles. The molecule has 3 saturated carbocycles. The molecule has 7 atom stereocenters. The SMILES string of the molecule is CCOC(=O)[C@@H]1CC=C2[C@@H]3CC[C@]4(O)C[C@H](O)CC[C@]4(C(=O)O)[C@H]3CC[C@]21C. The number of allylic oxidation sites excluding steroid dienone is 2. The molecule has 0 aromatic rings. The summed E-state index contributed by atoms with van der Waals surface area (Å²) >= 11 is 0. The van der Waals surface area contributed by atoms with Crippen LogP contribution >= 0.6 is 0 Å². The predicted octanol–water partition coefficient (Wildman–Crippen LogP) is 2.67. The number of carboxylic acids is 1. The van der Waals surface area contributed by atoms with Crippen molar-refractivity contribution in [3.63, 3.8) is 0 Å². The lowest BCUT2D eigenvalue weighted by molar-refractivity contribution is -0.223. The van der Waals surface area contributed by atoms with Gasteiger partial charge in [-0.1, -0.05) is 18.6 Å². The fraction of sp³-hybridized carbons (Fsp3) is 0.818. The number of carbonyl (C=O) groups is 2. The molecule has 4 aliphatic carbocycles. The molecule has 28 heavy (non-hydrogen) atoms. The Bertz CT molecular complexity index is 716. The summed E-state index contributed by atoms with van der Waals surface area (Å²) in [4.78, 5) is 25.1. The Labute approximate surface area is 166 Å². The largest absolute Gasteiger partial charge is 0.481 e. The van der Waals surface area contributed by atoms with Crippen LogP contribution in [0, 0.1) is 28.6 Å². The van der Waals surface area contributed by atoms with E-state index < -0.39 is 23.1 Å². The molecule has 0 heterocycles. The van der Waals surface area contributed by atoms with Gasteiger partial charge in [0.1, 0.15) is 0 Å². The lowest BCUT2D eigenvalue weighted by atomic mass is 9.43. The van der Waals surface area contributed by atoms with Crippen molar-refractivity contribution >= 4 is 11.9 Å². The molecule has 156 valence electrons. The molecule has 0 aromatic heterocycles. The van der Waals surface area contributed by atoms with Gasteiger partial charge in [0, 0.05) is 11.8 Å². The van der Waals surface area contributed by atoms with E-state index in [1.54, 1.807) is 0 Å². The molecule has 0 saturated heterocycles. The number of fused-ring (bicyclic) bond motifs is 5. The summed E-state index contributed by atoms with van der Waals surface area (Å²) in [5, 5.41) is 31.8. The first-order chi connectivity index (χ1) is 13.2. The molecule has 0 spiro atoms. The maximum atomic E-state index is 12.6. The molecule has 3 fully saturated rings. The molecule has 6 nitrogen and oxygen atoms in total. The van der Waals surface area contributed by atoms with Crippen LogP contribution in [0.25, 0.3) is 0 Å². The summed E-state index contributed by atoms with van der Waals surface area (Å²) in [5.41, 5.74) is -1.64. The number of hydrogen-bond acceptors (Lipinski definition) is 5. The second kappa shape index (κ2) is 6.56. The van der Waals surface area contributed by atoms with Crippen LogP contribution in [0.15, 0.2) is 11.6 Å². The third kappa shape index (κ3) is 2.46. The first-order valence-electron chi connectivity index (χ1n) is 10.7. The molecule has 0 bridgehead atoms. The lowest BCUT2D eigenvalue weighted by Crippen LogP contribution is -2.66. The fourth-order valence-electron chi connectivity index (χ4n) is 7.27. The van der Waals surface area contributed by atoms with E-state index in [0.717, 1.165) is 6.42 Å². The van der Waals surface area contributed by atoms with E-state index in [2.05, 4.69) is 13.0 Å². The van der Waals surface area contributed by atoms with Crippen molar-refractivity contribution < 1.29 is 29.6 Å². The van der Waals surface area contributed by atoms with E-state index in [0.29, 0.717) is 45.1 Å². The van der Waals surface area contributed by atoms with Crippen molar-refractivity contribution in [3.8, 4) is 0 Å². The van der Waals surface area contributed by atoms with Crippen LogP contribution < -0.4 is 0 Å². The number of carboxylic acid groups (broad SMARTS) is 1. The van der Waals surface area contributed by atoms with Gasteiger partial charge >= 0.3 is 11.9 Å². The number of aliphatic hydroxyl groups is 2. The van der Waals surface area contributed by atoms with Crippen LogP contribution in [-0.2, 0) is 14.3 Å². The number of rotatable bonds is 3. The average Bonchev–Trinajstić information content (AvgIpc) is 2.98. The molecule has 0 aromatic carbocycles. The van der Waals surface area contributed by atoms with Gasteiger partial charge in [0.2, 0.25) is 0 Å². The molecule has 0 unspecified atom stereocenters. The van der Waals surface area contributed by atoms with E-state index in [1.165, 1.54) is 5.57 Å². The molecule has 0 amide bonds. The number of aliphatic hydroxyl groups excluding tert-OH is 1. The minimum absolute atomic E-state index is 0.0739. The zero-order valence-corrected chi connectivity index (χ0v) is 16.8. The monoisotopic (exact) mass is 392 g/mol. The molecule has 4 rings (SSSR count). The van der Waals surface area contributed by atoms with Gasteiger partial charge in [0.15, 0.2) is 0 Å². The van der Waals surface area contributed by atoms with Crippen LogP contribution in [0.5, 0.6) is 0 Å². The smallest absolute Gasteiger partial charge is 0.312 e. The minimum Gasteiger partial charge on any atom is -0.481 e. The van der Waals surface area contributed by atoms with Crippen molar-refractivity contribution in [1.29, 1.82) is 0 Å². The van der Waals surface area contributed by atoms with E-state index >= 15 is 0 Å². The summed E-state index contributed by atoms with van der Waals surface area (Å²) < 4.78 is 5.31. The van der Waals surface area contributed by atoms with Gasteiger partial charge in [-0.15, -0.1) is 0 Å². The summed E-state index contributed by atoms with van der Waals surface area (Å²) in [6.07, 6.45) is 5.54. The number of carbonyl (C=O) groups excluding carboxylic acids is 1. The molecular weight excluding hydrogens is 360 g/mol. The van der Waals surface area contributed by atoms with Gasteiger partial charge < -0.3 is 20.1 Å². The highest BCUT2D eigenvalue weighted by atomic mass is 16.5. The third-order valence-corrected chi connectivity index (χ3v) is 8.59. The van der Waals surface area contributed by atoms with E-state index in [9.17, 15) is 24.9 Å². The number of hydrogen-bond donors (Lipinski definition) is 3. The van der Waals surface area contributed by atoms with E-state index in [1.807, 2.05) is 6.92 Å². The second-order valence-corrected chi connectivity index (χ2v) is 9.61. The van der Waals surface area contributed by atoms with E-state index in [4.69, 9.17) is 4.74 Å². The summed E-state index contributed by atoms with van der Waals surface area (Å²) in [5.74, 6) is -1.36. The van der Waals surface area contributed by atoms with Crippen molar-refractivity contribution in [3.05, 3.63) is 11.6 Å². The Morgan fingerprint density at radius 2 is 1.96 bits per heavy atom.